The molecule has 0 amide bonds. The predicted molar refractivity (Wildman–Crippen MR) is 81.1 cm³/mol. The van der Waals surface area contributed by atoms with Crippen molar-refractivity contribution in [1.29, 1.82) is 0 Å². The van der Waals surface area contributed by atoms with Crippen LogP contribution in [0.4, 0.5) is 0 Å². The zero-order chi connectivity index (χ0) is 13.0. The van der Waals surface area contributed by atoms with Gasteiger partial charge in [0, 0.05) is 6.61 Å². The minimum atomic E-state index is -2.34. The maximum Gasteiger partial charge on any atom is 0.389 e. The molecule has 0 aromatic heterocycles. The summed E-state index contributed by atoms with van der Waals surface area (Å²) >= 11 is 12.2. The van der Waals surface area contributed by atoms with Crippen LogP contribution in [0.3, 0.4) is 0 Å². The Kier molecular flexibility index (Phi) is 12.4. The molecule has 0 atom stereocenters. The first-order chi connectivity index (χ1) is 8.12. The largest absolute Gasteiger partial charge is 0.393 e. The van der Waals surface area contributed by atoms with Crippen molar-refractivity contribution in [3.8, 4) is 0 Å². The van der Waals surface area contributed by atoms with Gasteiger partial charge in [-0.05, 0) is 13.0 Å². The van der Waals surface area contributed by atoms with Crippen LogP contribution in [-0.4, -0.2) is 13.5 Å². The molecule has 17 heavy (non-hydrogen) atoms. The van der Waals surface area contributed by atoms with Gasteiger partial charge in [0.05, 0.1) is 0 Å². The highest BCUT2D eigenvalue weighted by Gasteiger charge is 2.28. The van der Waals surface area contributed by atoms with E-state index in [9.17, 15) is 0 Å². The van der Waals surface area contributed by atoms with Crippen molar-refractivity contribution >= 4 is 29.1 Å². The minimum Gasteiger partial charge on any atom is -0.393 e. The number of halogens is 2. The Morgan fingerprint density at radius 1 is 0.765 bits per heavy atom. The second kappa shape index (κ2) is 11.8. The lowest BCUT2D eigenvalue weighted by Crippen LogP contribution is -2.23. The fourth-order valence-electron chi connectivity index (χ4n) is 1.92. The van der Waals surface area contributed by atoms with Crippen LogP contribution >= 0.6 is 22.2 Å². The Morgan fingerprint density at radius 3 is 1.71 bits per heavy atom. The van der Waals surface area contributed by atoms with E-state index in [0.29, 0.717) is 6.61 Å². The lowest BCUT2D eigenvalue weighted by Gasteiger charge is -2.15. The molecule has 1 nitrogen and oxygen atoms in total. The Balaban J connectivity index is 3.18. The monoisotopic (exact) mass is 298 g/mol. The highest BCUT2D eigenvalue weighted by Crippen LogP contribution is 2.25. The molecule has 0 unspecified atom stereocenters. The van der Waals surface area contributed by atoms with Gasteiger partial charge in [0.1, 0.15) is 0 Å². The summed E-state index contributed by atoms with van der Waals surface area (Å²) in [5, 5.41) is 0. The van der Waals surface area contributed by atoms with Gasteiger partial charge in [0.2, 0.25) is 0 Å². The molecular weight excluding hydrogens is 271 g/mol. The average Bonchev–Trinajstić information content (AvgIpc) is 2.27. The first-order valence-corrected chi connectivity index (χ1v) is 11.3. The lowest BCUT2D eigenvalue weighted by atomic mass is 10.1. The zero-order valence-corrected chi connectivity index (χ0v) is 14.0. The summed E-state index contributed by atoms with van der Waals surface area (Å²) < 4.78 is 5.37. The Bertz CT molecular complexity index is 165. The summed E-state index contributed by atoms with van der Waals surface area (Å²) in [6.07, 6.45) is 11.9. The van der Waals surface area contributed by atoms with Crippen molar-refractivity contribution in [2.75, 3.05) is 6.61 Å². The van der Waals surface area contributed by atoms with E-state index in [0.717, 1.165) is 12.5 Å². The number of hydrogen-bond donors (Lipinski definition) is 0. The summed E-state index contributed by atoms with van der Waals surface area (Å²) in [6, 6.07) is 0.875. The predicted octanol–water partition coefficient (Wildman–Crippen LogP) is 5.97. The average molecular weight is 299 g/mol. The third-order valence-corrected chi connectivity index (χ3v) is 6.36. The molecule has 0 aromatic rings. The van der Waals surface area contributed by atoms with E-state index in [1.54, 1.807) is 0 Å². The Labute approximate surface area is 118 Å². The standard InChI is InChI=1S/C13H28Cl2OSi/c1-3-5-6-7-8-9-10-11-12-13-17(14,15)16-4-2/h3-13H2,1-2H3. The van der Waals surface area contributed by atoms with Crippen molar-refractivity contribution in [2.24, 2.45) is 0 Å². The summed E-state index contributed by atoms with van der Waals surface area (Å²) in [4.78, 5) is 0. The molecular formula is C13H28Cl2OSi. The van der Waals surface area contributed by atoms with Gasteiger partial charge in [-0.2, -0.15) is 0 Å². The molecule has 0 saturated carbocycles. The summed E-state index contributed by atoms with van der Waals surface area (Å²) in [6.45, 7) is 2.49. The van der Waals surface area contributed by atoms with E-state index in [4.69, 9.17) is 26.6 Å². The molecule has 0 spiro atoms. The summed E-state index contributed by atoms with van der Waals surface area (Å²) in [5.74, 6) is 0. The van der Waals surface area contributed by atoms with E-state index in [1.807, 2.05) is 6.92 Å². The normalized spacial score (nSPS) is 12.0. The molecule has 0 aliphatic heterocycles. The first-order valence-electron chi connectivity index (χ1n) is 7.14. The molecule has 0 aliphatic carbocycles. The molecule has 0 saturated heterocycles. The van der Waals surface area contributed by atoms with Crippen LogP contribution in [0.2, 0.25) is 6.04 Å². The molecule has 0 heterocycles. The molecule has 0 fully saturated rings. The zero-order valence-electron chi connectivity index (χ0n) is 11.4. The molecule has 0 rings (SSSR count). The van der Waals surface area contributed by atoms with Gasteiger partial charge in [0.15, 0.2) is 0 Å². The van der Waals surface area contributed by atoms with Crippen molar-refractivity contribution in [3.05, 3.63) is 0 Å². The Morgan fingerprint density at radius 2 is 1.24 bits per heavy atom. The fraction of sp³-hybridized carbons (Fsp3) is 1.00. The lowest BCUT2D eigenvalue weighted by molar-refractivity contribution is 0.346. The van der Waals surface area contributed by atoms with Crippen molar-refractivity contribution in [1.82, 2.24) is 0 Å². The number of hydrogen-bond acceptors (Lipinski definition) is 1. The number of rotatable bonds is 12. The topological polar surface area (TPSA) is 9.23 Å². The SMILES string of the molecule is CCCCCCCCCCC[Si](Cl)(Cl)OCC. The third-order valence-electron chi connectivity index (χ3n) is 2.93. The van der Waals surface area contributed by atoms with Gasteiger partial charge >= 0.3 is 6.94 Å². The highest BCUT2D eigenvalue weighted by molar-refractivity contribution is 7.42. The van der Waals surface area contributed by atoms with Gasteiger partial charge < -0.3 is 4.43 Å². The fourth-order valence-corrected chi connectivity index (χ4v) is 4.61. The van der Waals surface area contributed by atoms with Gasteiger partial charge in [-0.3, -0.25) is 0 Å². The second-order valence-electron chi connectivity index (χ2n) is 4.65. The molecule has 4 heteroatoms. The second-order valence-corrected chi connectivity index (χ2v) is 11.0. The van der Waals surface area contributed by atoms with Gasteiger partial charge in [-0.15, -0.1) is 22.2 Å². The minimum absolute atomic E-state index is 0.636. The first kappa shape index (κ1) is 17.8. The van der Waals surface area contributed by atoms with Crippen molar-refractivity contribution in [2.45, 2.75) is 77.7 Å². The van der Waals surface area contributed by atoms with Crippen LogP contribution in [0.25, 0.3) is 0 Å². The van der Waals surface area contributed by atoms with Crippen LogP contribution in [0.1, 0.15) is 71.6 Å². The van der Waals surface area contributed by atoms with Crippen LogP contribution < -0.4 is 0 Å². The van der Waals surface area contributed by atoms with E-state index in [1.165, 1.54) is 51.4 Å². The van der Waals surface area contributed by atoms with Crippen molar-refractivity contribution in [3.63, 3.8) is 0 Å². The molecule has 0 radical (unpaired) electrons. The molecule has 0 aliphatic rings. The maximum atomic E-state index is 6.12. The maximum absolute atomic E-state index is 6.12. The van der Waals surface area contributed by atoms with Gasteiger partial charge in [-0.1, -0.05) is 64.7 Å². The van der Waals surface area contributed by atoms with E-state index >= 15 is 0 Å². The van der Waals surface area contributed by atoms with Gasteiger partial charge in [-0.25, -0.2) is 0 Å². The van der Waals surface area contributed by atoms with Crippen LogP contribution in [0.15, 0.2) is 0 Å². The summed E-state index contributed by atoms with van der Waals surface area (Å²) in [5.41, 5.74) is 0. The summed E-state index contributed by atoms with van der Waals surface area (Å²) in [7, 11) is 0. The molecule has 104 valence electrons. The quantitative estimate of drug-likeness (QED) is 0.245. The molecule has 0 N–H and O–H groups in total. The molecule has 0 aromatic carbocycles. The smallest absolute Gasteiger partial charge is 0.389 e. The van der Waals surface area contributed by atoms with Crippen LogP contribution in [0, 0.1) is 0 Å². The highest BCUT2D eigenvalue weighted by atomic mass is 35.7. The van der Waals surface area contributed by atoms with Crippen LogP contribution in [0.5, 0.6) is 0 Å². The molecule has 0 bridgehead atoms. The van der Waals surface area contributed by atoms with Crippen LogP contribution in [-0.2, 0) is 4.43 Å². The van der Waals surface area contributed by atoms with E-state index < -0.39 is 6.94 Å². The number of unbranched alkanes of at least 4 members (excludes halogenated alkanes) is 8. The third kappa shape index (κ3) is 13.0. The van der Waals surface area contributed by atoms with E-state index in [2.05, 4.69) is 6.92 Å². The van der Waals surface area contributed by atoms with Gasteiger partial charge in [0.25, 0.3) is 0 Å². The Hall–Kier alpha value is 0.757. The van der Waals surface area contributed by atoms with Crippen molar-refractivity contribution < 1.29 is 4.43 Å². The van der Waals surface area contributed by atoms with E-state index in [-0.39, 0.29) is 0 Å².